The lowest BCUT2D eigenvalue weighted by atomic mass is 10.1. The maximum atomic E-state index is 4.37. The highest BCUT2D eigenvalue weighted by Gasteiger charge is 2.12. The minimum absolute atomic E-state index is 0.318. The monoisotopic (exact) mass is 232 g/mol. The predicted octanol–water partition coefficient (Wildman–Crippen LogP) is 2.39. The van der Waals surface area contributed by atoms with Gasteiger partial charge in [0.15, 0.2) is 0 Å². The molecule has 0 saturated carbocycles. The first kappa shape index (κ1) is 11.9. The van der Waals surface area contributed by atoms with Gasteiger partial charge in [-0.05, 0) is 32.9 Å². The maximum Gasteiger partial charge on any atom is 0.0540 e. The van der Waals surface area contributed by atoms with Crippen molar-refractivity contribution < 1.29 is 0 Å². The minimum Gasteiger partial charge on any atom is -0.364 e. The van der Waals surface area contributed by atoms with Gasteiger partial charge in [-0.3, -0.25) is 4.68 Å². The quantitative estimate of drug-likeness (QED) is 0.831. The fourth-order valence-electron chi connectivity index (χ4n) is 2.06. The van der Waals surface area contributed by atoms with E-state index in [0.717, 1.165) is 13.1 Å². The highest BCUT2D eigenvalue weighted by Crippen LogP contribution is 2.17. The maximum absolute atomic E-state index is 4.37. The number of hydrogen-bond donors (Lipinski definition) is 2. The van der Waals surface area contributed by atoms with Gasteiger partial charge < -0.3 is 10.3 Å². The van der Waals surface area contributed by atoms with Crippen LogP contribution in [0, 0.1) is 6.92 Å². The van der Waals surface area contributed by atoms with E-state index in [0.29, 0.717) is 6.04 Å². The first-order chi connectivity index (χ1) is 8.22. The molecule has 0 saturated heterocycles. The second-order valence-corrected chi connectivity index (χ2v) is 4.30. The zero-order valence-electron chi connectivity index (χ0n) is 10.7. The van der Waals surface area contributed by atoms with Gasteiger partial charge in [-0.15, -0.1) is 0 Å². The lowest BCUT2D eigenvalue weighted by molar-refractivity contribution is 0.562. The topological polar surface area (TPSA) is 45.6 Å². The Morgan fingerprint density at radius 2 is 2.35 bits per heavy atom. The molecular formula is C13H20N4. The zero-order valence-corrected chi connectivity index (χ0v) is 10.7. The molecule has 92 valence electrons. The van der Waals surface area contributed by atoms with Crippen LogP contribution in [0.2, 0.25) is 0 Å². The van der Waals surface area contributed by atoms with Crippen molar-refractivity contribution in [2.75, 3.05) is 0 Å². The summed E-state index contributed by atoms with van der Waals surface area (Å²) in [5, 5.41) is 7.86. The molecule has 0 spiro atoms. The molecule has 0 aliphatic carbocycles. The Balaban J connectivity index is 1.99. The smallest absolute Gasteiger partial charge is 0.0540 e. The molecule has 2 aromatic rings. The van der Waals surface area contributed by atoms with Crippen LogP contribution in [-0.4, -0.2) is 14.8 Å². The second kappa shape index (κ2) is 5.19. The van der Waals surface area contributed by atoms with Gasteiger partial charge in [0.2, 0.25) is 0 Å². The molecule has 0 aromatic carbocycles. The largest absolute Gasteiger partial charge is 0.364 e. The fourth-order valence-corrected chi connectivity index (χ4v) is 2.06. The summed E-state index contributed by atoms with van der Waals surface area (Å²) in [5.41, 5.74) is 3.73. The molecular weight excluding hydrogens is 212 g/mol. The molecule has 2 heterocycles. The molecule has 17 heavy (non-hydrogen) atoms. The lowest BCUT2D eigenvalue weighted by Gasteiger charge is -2.13. The third-order valence-corrected chi connectivity index (χ3v) is 3.17. The number of aromatic amines is 1. The first-order valence-corrected chi connectivity index (χ1v) is 6.10. The van der Waals surface area contributed by atoms with Crippen LogP contribution in [0.5, 0.6) is 0 Å². The molecule has 0 aliphatic heterocycles. The van der Waals surface area contributed by atoms with Gasteiger partial charge in [-0.1, -0.05) is 0 Å². The number of hydrogen-bond acceptors (Lipinski definition) is 2. The highest BCUT2D eigenvalue weighted by atomic mass is 15.3. The normalized spacial score (nSPS) is 12.9. The second-order valence-electron chi connectivity index (χ2n) is 4.30. The Morgan fingerprint density at radius 3 is 2.94 bits per heavy atom. The Morgan fingerprint density at radius 1 is 1.53 bits per heavy atom. The number of H-pyrrole nitrogens is 1. The summed E-state index contributed by atoms with van der Waals surface area (Å²) in [7, 11) is 0. The van der Waals surface area contributed by atoms with Crippen LogP contribution >= 0.6 is 0 Å². The Bertz CT molecular complexity index is 456. The van der Waals surface area contributed by atoms with E-state index in [1.165, 1.54) is 17.0 Å². The van der Waals surface area contributed by atoms with Gasteiger partial charge in [0.1, 0.15) is 0 Å². The SMILES string of the molecule is CCn1ncc(C(C)NCc2ccc[nH]2)c1C. The van der Waals surface area contributed by atoms with Crippen LogP contribution in [0.15, 0.2) is 24.5 Å². The van der Waals surface area contributed by atoms with Crippen LogP contribution in [-0.2, 0) is 13.1 Å². The fraction of sp³-hybridized carbons (Fsp3) is 0.462. The van der Waals surface area contributed by atoms with Gasteiger partial charge >= 0.3 is 0 Å². The molecule has 4 nitrogen and oxygen atoms in total. The van der Waals surface area contributed by atoms with E-state index in [1.54, 1.807) is 0 Å². The molecule has 0 aliphatic rings. The van der Waals surface area contributed by atoms with Crippen LogP contribution in [0.1, 0.15) is 36.8 Å². The van der Waals surface area contributed by atoms with Crippen molar-refractivity contribution in [2.45, 2.75) is 39.9 Å². The number of aromatic nitrogens is 3. The minimum atomic E-state index is 0.318. The van der Waals surface area contributed by atoms with Crippen molar-refractivity contribution in [3.8, 4) is 0 Å². The van der Waals surface area contributed by atoms with Crippen LogP contribution in [0.25, 0.3) is 0 Å². The molecule has 0 bridgehead atoms. The van der Waals surface area contributed by atoms with E-state index in [-0.39, 0.29) is 0 Å². The summed E-state index contributed by atoms with van der Waals surface area (Å²) in [6.45, 7) is 8.19. The van der Waals surface area contributed by atoms with Gasteiger partial charge in [0.25, 0.3) is 0 Å². The third-order valence-electron chi connectivity index (χ3n) is 3.17. The van der Waals surface area contributed by atoms with Crippen molar-refractivity contribution >= 4 is 0 Å². The molecule has 2 aromatic heterocycles. The van der Waals surface area contributed by atoms with E-state index in [1.807, 2.05) is 23.1 Å². The van der Waals surface area contributed by atoms with Crippen LogP contribution < -0.4 is 5.32 Å². The molecule has 2 rings (SSSR count). The summed E-state index contributed by atoms with van der Waals surface area (Å²) in [5.74, 6) is 0. The predicted molar refractivity (Wildman–Crippen MR) is 68.7 cm³/mol. The van der Waals surface area contributed by atoms with Crippen molar-refractivity contribution in [2.24, 2.45) is 0 Å². The van der Waals surface area contributed by atoms with Crippen molar-refractivity contribution in [1.82, 2.24) is 20.1 Å². The lowest BCUT2D eigenvalue weighted by Crippen LogP contribution is -2.18. The molecule has 1 unspecified atom stereocenters. The van der Waals surface area contributed by atoms with E-state index in [2.05, 4.69) is 42.2 Å². The average molecular weight is 232 g/mol. The van der Waals surface area contributed by atoms with Gasteiger partial charge in [0.05, 0.1) is 6.20 Å². The molecule has 0 fully saturated rings. The standard InChI is InChI=1S/C13H20N4/c1-4-17-11(3)13(9-16-17)10(2)15-8-12-6-5-7-14-12/h5-7,9-10,14-15H,4,8H2,1-3H3. The average Bonchev–Trinajstić information content (AvgIpc) is 2.95. The van der Waals surface area contributed by atoms with Crippen LogP contribution in [0.3, 0.4) is 0 Å². The summed E-state index contributed by atoms with van der Waals surface area (Å²) in [6, 6.07) is 4.42. The molecule has 4 heteroatoms. The van der Waals surface area contributed by atoms with E-state index >= 15 is 0 Å². The highest BCUT2D eigenvalue weighted by molar-refractivity contribution is 5.20. The number of nitrogens with zero attached hydrogens (tertiary/aromatic N) is 2. The van der Waals surface area contributed by atoms with E-state index < -0.39 is 0 Å². The zero-order chi connectivity index (χ0) is 12.3. The summed E-state index contributed by atoms with van der Waals surface area (Å²) >= 11 is 0. The molecule has 2 N–H and O–H groups in total. The summed E-state index contributed by atoms with van der Waals surface area (Å²) in [6.07, 6.45) is 3.91. The van der Waals surface area contributed by atoms with Crippen molar-refractivity contribution in [3.63, 3.8) is 0 Å². The summed E-state index contributed by atoms with van der Waals surface area (Å²) < 4.78 is 2.03. The van der Waals surface area contributed by atoms with Crippen molar-refractivity contribution in [3.05, 3.63) is 41.5 Å². The third kappa shape index (κ3) is 2.58. The van der Waals surface area contributed by atoms with Gasteiger partial charge in [-0.25, -0.2) is 0 Å². The van der Waals surface area contributed by atoms with Crippen molar-refractivity contribution in [1.29, 1.82) is 0 Å². The number of aryl methyl sites for hydroxylation is 1. The van der Waals surface area contributed by atoms with Gasteiger partial charge in [-0.2, -0.15) is 5.10 Å². The van der Waals surface area contributed by atoms with Crippen LogP contribution in [0.4, 0.5) is 0 Å². The number of rotatable bonds is 5. The van der Waals surface area contributed by atoms with E-state index in [4.69, 9.17) is 0 Å². The first-order valence-electron chi connectivity index (χ1n) is 6.10. The number of nitrogens with one attached hydrogen (secondary N) is 2. The van der Waals surface area contributed by atoms with Gasteiger partial charge in [0, 0.05) is 42.3 Å². The Hall–Kier alpha value is -1.55. The summed E-state index contributed by atoms with van der Waals surface area (Å²) in [4.78, 5) is 3.19. The Labute approximate surface area is 102 Å². The molecule has 0 amide bonds. The molecule has 1 atom stereocenters. The molecule has 0 radical (unpaired) electrons. The Kier molecular flexibility index (Phi) is 3.64. The van der Waals surface area contributed by atoms with E-state index in [9.17, 15) is 0 Å².